The summed E-state index contributed by atoms with van der Waals surface area (Å²) in [5.41, 5.74) is 4.29. The maximum absolute atomic E-state index is 11.0. The third-order valence-electron chi connectivity index (χ3n) is 1.71. The number of nitrogens with one attached hydrogen (secondary N) is 1. The lowest BCUT2D eigenvalue weighted by molar-refractivity contribution is -0.121. The first-order valence-electron chi connectivity index (χ1n) is 3.97. The Hall–Kier alpha value is -1.36. The van der Waals surface area contributed by atoms with Crippen LogP contribution in [0, 0.1) is 0 Å². The Morgan fingerprint density at radius 1 is 1.64 bits per heavy atom. The van der Waals surface area contributed by atoms with Crippen LogP contribution in [0.3, 0.4) is 0 Å². The van der Waals surface area contributed by atoms with Crippen molar-refractivity contribution < 1.29 is 4.79 Å². The summed E-state index contributed by atoms with van der Waals surface area (Å²) in [6.45, 7) is 3.29. The minimum Gasteiger partial charge on any atom is -0.368 e. The first-order chi connectivity index (χ1) is 6.43. The van der Waals surface area contributed by atoms with Crippen LogP contribution in [0.2, 0.25) is 5.02 Å². The van der Waals surface area contributed by atoms with Crippen LogP contribution in [0.1, 0.15) is 13.8 Å². The second kappa shape index (κ2) is 3.79. The van der Waals surface area contributed by atoms with Gasteiger partial charge in [-0.25, -0.2) is 9.97 Å². The highest BCUT2D eigenvalue weighted by atomic mass is 35.5. The SMILES string of the molecule is CC(C)(Nc1ncncc1Cl)C(N)=O. The summed E-state index contributed by atoms with van der Waals surface area (Å²) in [6.07, 6.45) is 2.78. The van der Waals surface area contributed by atoms with Gasteiger partial charge in [0, 0.05) is 0 Å². The molecule has 0 saturated heterocycles. The van der Waals surface area contributed by atoms with E-state index in [-0.39, 0.29) is 0 Å². The van der Waals surface area contributed by atoms with E-state index in [1.165, 1.54) is 12.5 Å². The smallest absolute Gasteiger partial charge is 0.242 e. The maximum atomic E-state index is 11.0. The van der Waals surface area contributed by atoms with Gasteiger partial charge in [0.2, 0.25) is 5.91 Å². The highest BCUT2D eigenvalue weighted by Crippen LogP contribution is 2.20. The Morgan fingerprint density at radius 2 is 2.29 bits per heavy atom. The van der Waals surface area contributed by atoms with E-state index >= 15 is 0 Å². The molecule has 76 valence electrons. The number of aromatic nitrogens is 2. The van der Waals surface area contributed by atoms with Crippen molar-refractivity contribution in [3.8, 4) is 0 Å². The molecule has 1 aromatic rings. The van der Waals surface area contributed by atoms with Crippen LogP contribution in [0.5, 0.6) is 0 Å². The lowest BCUT2D eigenvalue weighted by Crippen LogP contribution is -2.45. The highest BCUT2D eigenvalue weighted by Gasteiger charge is 2.25. The Balaban J connectivity index is 2.89. The van der Waals surface area contributed by atoms with Gasteiger partial charge in [0.05, 0.1) is 6.20 Å². The van der Waals surface area contributed by atoms with Gasteiger partial charge in [-0.2, -0.15) is 0 Å². The zero-order valence-corrected chi connectivity index (χ0v) is 8.67. The summed E-state index contributed by atoms with van der Waals surface area (Å²) < 4.78 is 0. The van der Waals surface area contributed by atoms with Crippen LogP contribution in [0.25, 0.3) is 0 Å². The zero-order valence-electron chi connectivity index (χ0n) is 7.91. The predicted molar refractivity (Wildman–Crippen MR) is 53.9 cm³/mol. The minimum atomic E-state index is -0.891. The number of nitrogens with zero attached hydrogens (tertiary/aromatic N) is 2. The molecule has 0 spiro atoms. The van der Waals surface area contributed by atoms with Crippen LogP contribution in [0.4, 0.5) is 5.82 Å². The maximum Gasteiger partial charge on any atom is 0.242 e. The van der Waals surface area contributed by atoms with E-state index < -0.39 is 11.4 Å². The Kier molecular flexibility index (Phi) is 2.90. The molecular weight excluding hydrogens is 204 g/mol. The molecule has 14 heavy (non-hydrogen) atoms. The van der Waals surface area contributed by atoms with Crippen LogP contribution < -0.4 is 11.1 Å². The fourth-order valence-electron chi connectivity index (χ4n) is 0.762. The summed E-state index contributed by atoms with van der Waals surface area (Å²) in [4.78, 5) is 18.6. The Bertz CT molecular complexity index is 353. The number of halogens is 1. The lowest BCUT2D eigenvalue weighted by atomic mass is 10.1. The van der Waals surface area contributed by atoms with Crippen molar-refractivity contribution in [3.05, 3.63) is 17.5 Å². The monoisotopic (exact) mass is 214 g/mol. The number of hydrogen-bond donors (Lipinski definition) is 2. The van der Waals surface area contributed by atoms with Gasteiger partial charge in [0.25, 0.3) is 0 Å². The van der Waals surface area contributed by atoms with Gasteiger partial charge < -0.3 is 11.1 Å². The molecule has 6 heteroatoms. The third kappa shape index (κ3) is 2.32. The lowest BCUT2D eigenvalue weighted by Gasteiger charge is -2.23. The van der Waals surface area contributed by atoms with E-state index in [2.05, 4.69) is 15.3 Å². The number of carbonyl (C=O) groups is 1. The van der Waals surface area contributed by atoms with Crippen molar-refractivity contribution >= 4 is 23.3 Å². The fourth-order valence-corrected chi connectivity index (χ4v) is 0.915. The molecule has 1 rings (SSSR count). The molecule has 0 aliphatic carbocycles. The molecule has 0 aromatic carbocycles. The summed E-state index contributed by atoms with van der Waals surface area (Å²) in [5, 5.41) is 3.18. The molecule has 3 N–H and O–H groups in total. The van der Waals surface area contributed by atoms with Gasteiger partial charge >= 0.3 is 0 Å². The van der Waals surface area contributed by atoms with Crippen LogP contribution in [-0.4, -0.2) is 21.4 Å². The summed E-state index contributed by atoms with van der Waals surface area (Å²) in [6, 6.07) is 0. The average Bonchev–Trinajstić information content (AvgIpc) is 2.08. The molecule has 1 aromatic heterocycles. The highest BCUT2D eigenvalue weighted by molar-refractivity contribution is 6.32. The molecular formula is C8H11ClN4O. The molecule has 0 radical (unpaired) electrons. The molecule has 0 unspecified atom stereocenters. The number of primary amides is 1. The van der Waals surface area contributed by atoms with Crippen molar-refractivity contribution in [1.29, 1.82) is 0 Å². The van der Waals surface area contributed by atoms with Gasteiger partial charge in [-0.05, 0) is 13.8 Å². The van der Waals surface area contributed by atoms with Crippen molar-refractivity contribution in [3.63, 3.8) is 0 Å². The van der Waals surface area contributed by atoms with Crippen LogP contribution >= 0.6 is 11.6 Å². The predicted octanol–water partition coefficient (Wildman–Crippen LogP) is 0.806. The van der Waals surface area contributed by atoms with Crippen molar-refractivity contribution in [2.24, 2.45) is 5.73 Å². The van der Waals surface area contributed by atoms with E-state index in [1.54, 1.807) is 13.8 Å². The van der Waals surface area contributed by atoms with Gasteiger partial charge in [-0.3, -0.25) is 4.79 Å². The van der Waals surface area contributed by atoms with Gasteiger partial charge in [-0.1, -0.05) is 11.6 Å². The fraction of sp³-hybridized carbons (Fsp3) is 0.375. The molecule has 0 aliphatic heterocycles. The normalized spacial score (nSPS) is 11.1. The van der Waals surface area contributed by atoms with Gasteiger partial charge in [0.15, 0.2) is 0 Å². The first-order valence-corrected chi connectivity index (χ1v) is 4.35. The number of carbonyl (C=O) groups excluding carboxylic acids is 1. The number of rotatable bonds is 3. The average molecular weight is 215 g/mol. The Morgan fingerprint density at radius 3 is 2.79 bits per heavy atom. The largest absolute Gasteiger partial charge is 0.368 e. The summed E-state index contributed by atoms with van der Waals surface area (Å²) >= 11 is 5.80. The minimum absolute atomic E-state index is 0.349. The quantitative estimate of drug-likeness (QED) is 0.780. The summed E-state index contributed by atoms with van der Waals surface area (Å²) in [5.74, 6) is -0.0855. The van der Waals surface area contributed by atoms with E-state index in [0.29, 0.717) is 10.8 Å². The molecule has 5 nitrogen and oxygen atoms in total. The zero-order chi connectivity index (χ0) is 10.8. The molecule has 0 saturated carbocycles. The molecule has 1 heterocycles. The second-order valence-corrected chi connectivity index (χ2v) is 3.74. The molecule has 1 amide bonds. The Labute approximate surface area is 86.7 Å². The van der Waals surface area contributed by atoms with Gasteiger partial charge in [0.1, 0.15) is 22.7 Å². The topological polar surface area (TPSA) is 80.9 Å². The molecule has 0 bridgehead atoms. The van der Waals surface area contributed by atoms with E-state index in [0.717, 1.165) is 0 Å². The van der Waals surface area contributed by atoms with E-state index in [4.69, 9.17) is 17.3 Å². The van der Waals surface area contributed by atoms with Crippen LogP contribution in [0.15, 0.2) is 12.5 Å². The van der Waals surface area contributed by atoms with E-state index in [9.17, 15) is 4.79 Å². The van der Waals surface area contributed by atoms with Crippen molar-refractivity contribution in [2.75, 3.05) is 5.32 Å². The van der Waals surface area contributed by atoms with Crippen molar-refractivity contribution in [1.82, 2.24) is 9.97 Å². The molecule has 0 atom stereocenters. The molecule has 0 fully saturated rings. The molecule has 0 aliphatic rings. The number of amides is 1. The van der Waals surface area contributed by atoms with E-state index in [1.807, 2.05) is 0 Å². The third-order valence-corrected chi connectivity index (χ3v) is 1.99. The second-order valence-electron chi connectivity index (χ2n) is 3.33. The number of hydrogen-bond acceptors (Lipinski definition) is 4. The van der Waals surface area contributed by atoms with Crippen LogP contribution in [-0.2, 0) is 4.79 Å². The summed E-state index contributed by atoms with van der Waals surface area (Å²) in [7, 11) is 0. The number of nitrogens with two attached hydrogens (primary N) is 1. The first kappa shape index (κ1) is 10.7. The van der Waals surface area contributed by atoms with Gasteiger partial charge in [-0.15, -0.1) is 0 Å². The van der Waals surface area contributed by atoms with Crippen molar-refractivity contribution in [2.45, 2.75) is 19.4 Å². The standard InChI is InChI=1S/C8H11ClN4O/c1-8(2,7(10)14)13-6-5(9)3-11-4-12-6/h3-4H,1-2H3,(H2,10,14)(H,11,12,13). The number of anilines is 1.